The van der Waals surface area contributed by atoms with Gasteiger partial charge in [0.15, 0.2) is 5.17 Å². The third kappa shape index (κ3) is 4.90. The average Bonchev–Trinajstić information content (AvgIpc) is 3.34. The first-order valence-electron chi connectivity index (χ1n) is 11.3. The Kier molecular flexibility index (Phi) is 6.74. The van der Waals surface area contributed by atoms with Gasteiger partial charge >= 0.3 is 0 Å². The van der Waals surface area contributed by atoms with Crippen molar-refractivity contribution >= 4 is 68.7 Å². The van der Waals surface area contributed by atoms with Crippen LogP contribution in [-0.2, 0) is 11.3 Å². The van der Waals surface area contributed by atoms with Crippen LogP contribution in [0.25, 0.3) is 17.0 Å². The van der Waals surface area contributed by atoms with Crippen molar-refractivity contribution in [2.75, 3.05) is 6.54 Å². The van der Waals surface area contributed by atoms with Crippen molar-refractivity contribution in [3.8, 4) is 0 Å². The number of hydrogen-bond donors (Lipinski definition) is 0. The third-order valence-corrected chi connectivity index (χ3v) is 7.52. The fourth-order valence-corrected chi connectivity index (χ4v) is 5.62. The summed E-state index contributed by atoms with van der Waals surface area (Å²) in [4.78, 5) is 20.4. The number of aromatic nitrogens is 1. The number of aliphatic imine (C=N–C) groups is 1. The molecule has 0 atom stereocenters. The molecule has 0 radical (unpaired) electrons. The first-order chi connectivity index (χ1) is 16.9. The number of amides is 1. The van der Waals surface area contributed by atoms with Gasteiger partial charge in [0.2, 0.25) is 0 Å². The van der Waals surface area contributed by atoms with E-state index in [0.717, 1.165) is 27.7 Å². The molecule has 1 fully saturated rings. The van der Waals surface area contributed by atoms with E-state index in [1.807, 2.05) is 68.5 Å². The van der Waals surface area contributed by atoms with Gasteiger partial charge in [0.05, 0.1) is 10.6 Å². The molecule has 3 aromatic carbocycles. The van der Waals surface area contributed by atoms with Crippen LogP contribution in [0.1, 0.15) is 23.6 Å². The Balaban J connectivity index is 1.52. The average molecular weight is 520 g/mol. The van der Waals surface area contributed by atoms with Crippen LogP contribution in [0.3, 0.4) is 0 Å². The molecule has 0 spiro atoms. The van der Waals surface area contributed by atoms with E-state index < -0.39 is 0 Å². The van der Waals surface area contributed by atoms with Crippen LogP contribution in [0.4, 0.5) is 5.69 Å². The lowest BCUT2D eigenvalue weighted by Crippen LogP contribution is -2.28. The number of carbonyl (C=O) groups excluding carboxylic acids is 1. The van der Waals surface area contributed by atoms with Crippen molar-refractivity contribution in [1.82, 2.24) is 9.47 Å². The summed E-state index contributed by atoms with van der Waals surface area (Å²) in [5.41, 5.74) is 5.04. The zero-order valence-electron chi connectivity index (χ0n) is 19.3. The van der Waals surface area contributed by atoms with Crippen LogP contribution < -0.4 is 0 Å². The SMILES string of the molecule is CCN1C(=O)/C(=C\c2cn(Cc3ccc(Cl)cc3Cl)c3ccccc23)SC1=Nc1ccc(C)cc1. The number of likely N-dealkylation sites (N-methyl/N-ethyl adjacent to an activating group) is 1. The van der Waals surface area contributed by atoms with Gasteiger partial charge in [-0.3, -0.25) is 9.69 Å². The molecule has 4 aromatic rings. The van der Waals surface area contributed by atoms with Crippen LogP contribution >= 0.6 is 35.0 Å². The minimum absolute atomic E-state index is 0.0269. The smallest absolute Gasteiger partial charge is 0.266 e. The second-order valence-corrected chi connectivity index (χ2v) is 10.2. The van der Waals surface area contributed by atoms with Gasteiger partial charge in [0.1, 0.15) is 0 Å². The lowest BCUT2D eigenvalue weighted by Gasteiger charge is -2.11. The Morgan fingerprint density at radius 1 is 1.03 bits per heavy atom. The number of hydrogen-bond acceptors (Lipinski definition) is 3. The maximum Gasteiger partial charge on any atom is 0.266 e. The quantitative estimate of drug-likeness (QED) is 0.251. The molecule has 5 rings (SSSR count). The van der Waals surface area contributed by atoms with Crippen molar-refractivity contribution in [2.45, 2.75) is 20.4 Å². The minimum atomic E-state index is -0.0269. The van der Waals surface area contributed by atoms with Crippen LogP contribution in [0.5, 0.6) is 0 Å². The van der Waals surface area contributed by atoms with E-state index in [-0.39, 0.29) is 5.91 Å². The molecule has 0 unspecified atom stereocenters. The van der Waals surface area contributed by atoms with Crippen molar-refractivity contribution in [3.05, 3.63) is 105 Å². The number of amidine groups is 1. The Bertz CT molecular complexity index is 1490. The lowest BCUT2D eigenvalue weighted by atomic mass is 10.1. The fourth-order valence-electron chi connectivity index (χ4n) is 4.10. The first kappa shape index (κ1) is 23.7. The zero-order chi connectivity index (χ0) is 24.5. The summed E-state index contributed by atoms with van der Waals surface area (Å²) in [5, 5.41) is 3.02. The van der Waals surface area contributed by atoms with Gasteiger partial charge in [-0.15, -0.1) is 0 Å². The summed E-state index contributed by atoms with van der Waals surface area (Å²) in [6.07, 6.45) is 4.04. The molecule has 1 amide bonds. The predicted molar refractivity (Wildman–Crippen MR) is 149 cm³/mol. The molecule has 0 bridgehead atoms. The highest BCUT2D eigenvalue weighted by atomic mass is 35.5. The van der Waals surface area contributed by atoms with E-state index in [2.05, 4.69) is 22.9 Å². The zero-order valence-corrected chi connectivity index (χ0v) is 21.7. The topological polar surface area (TPSA) is 37.6 Å². The van der Waals surface area contributed by atoms with Gasteiger partial charge in [-0.1, -0.05) is 65.2 Å². The van der Waals surface area contributed by atoms with E-state index in [9.17, 15) is 4.79 Å². The molecular weight excluding hydrogens is 497 g/mol. The number of aryl methyl sites for hydroxylation is 1. The Hall–Kier alpha value is -2.99. The Morgan fingerprint density at radius 2 is 1.80 bits per heavy atom. The predicted octanol–water partition coefficient (Wildman–Crippen LogP) is 7.93. The highest BCUT2D eigenvalue weighted by molar-refractivity contribution is 8.18. The molecule has 7 heteroatoms. The number of thioether (sulfide) groups is 1. The molecule has 1 aromatic heterocycles. The standard InChI is InChI=1S/C28H23Cl2N3OS/c1-3-33-27(34)26(35-28(33)31-22-12-8-18(2)9-13-22)14-20-17-32(25-7-5-4-6-23(20)25)16-19-10-11-21(29)15-24(19)30/h4-15,17H,3,16H2,1-2H3/b26-14+,31-28?. The number of carbonyl (C=O) groups is 1. The molecule has 1 saturated heterocycles. The maximum absolute atomic E-state index is 13.2. The normalized spacial score (nSPS) is 16.2. The fraction of sp³-hybridized carbons (Fsp3) is 0.143. The number of rotatable bonds is 5. The molecule has 2 heterocycles. The van der Waals surface area contributed by atoms with E-state index in [4.69, 9.17) is 28.2 Å². The second-order valence-electron chi connectivity index (χ2n) is 8.36. The molecular formula is C28H23Cl2N3OS. The monoisotopic (exact) mass is 519 g/mol. The lowest BCUT2D eigenvalue weighted by molar-refractivity contribution is -0.122. The summed E-state index contributed by atoms with van der Waals surface area (Å²) in [6.45, 7) is 5.17. The van der Waals surface area contributed by atoms with Gasteiger partial charge in [-0.2, -0.15) is 0 Å². The molecule has 0 aliphatic carbocycles. The maximum atomic E-state index is 13.2. The van der Waals surface area contributed by atoms with Crippen LogP contribution in [0, 0.1) is 6.92 Å². The van der Waals surface area contributed by atoms with Gasteiger partial charge in [-0.25, -0.2) is 4.99 Å². The number of nitrogens with zero attached hydrogens (tertiary/aromatic N) is 3. The van der Waals surface area contributed by atoms with Crippen molar-refractivity contribution in [3.63, 3.8) is 0 Å². The Labute approximate surface area is 218 Å². The summed E-state index contributed by atoms with van der Waals surface area (Å²) in [6, 6.07) is 21.7. The minimum Gasteiger partial charge on any atom is -0.342 e. The van der Waals surface area contributed by atoms with E-state index in [1.165, 1.54) is 17.3 Å². The number of benzene rings is 3. The number of halogens is 2. The summed E-state index contributed by atoms with van der Waals surface area (Å²) < 4.78 is 2.15. The number of para-hydroxylation sites is 1. The van der Waals surface area contributed by atoms with Crippen molar-refractivity contribution < 1.29 is 4.79 Å². The first-order valence-corrected chi connectivity index (χ1v) is 12.9. The van der Waals surface area contributed by atoms with E-state index in [0.29, 0.717) is 33.2 Å². The highest BCUT2D eigenvalue weighted by Gasteiger charge is 2.32. The van der Waals surface area contributed by atoms with Crippen molar-refractivity contribution in [1.29, 1.82) is 0 Å². The summed E-state index contributed by atoms with van der Waals surface area (Å²) in [7, 11) is 0. The number of fused-ring (bicyclic) bond motifs is 1. The second kappa shape index (κ2) is 9.94. The molecule has 176 valence electrons. The van der Waals surface area contributed by atoms with Crippen LogP contribution in [-0.4, -0.2) is 27.1 Å². The van der Waals surface area contributed by atoms with Gasteiger partial charge in [0, 0.05) is 45.8 Å². The summed E-state index contributed by atoms with van der Waals surface area (Å²) >= 11 is 13.9. The highest BCUT2D eigenvalue weighted by Crippen LogP contribution is 2.36. The summed E-state index contributed by atoms with van der Waals surface area (Å²) in [5.74, 6) is -0.0269. The molecule has 4 nitrogen and oxygen atoms in total. The van der Waals surface area contributed by atoms with Gasteiger partial charge in [-0.05, 0) is 67.6 Å². The molecule has 0 N–H and O–H groups in total. The molecule has 1 aliphatic rings. The third-order valence-electron chi connectivity index (χ3n) is 5.92. The van der Waals surface area contributed by atoms with E-state index in [1.54, 1.807) is 11.0 Å². The Morgan fingerprint density at radius 3 is 2.54 bits per heavy atom. The van der Waals surface area contributed by atoms with Gasteiger partial charge < -0.3 is 4.57 Å². The molecule has 1 aliphatic heterocycles. The van der Waals surface area contributed by atoms with Gasteiger partial charge in [0.25, 0.3) is 5.91 Å². The van der Waals surface area contributed by atoms with Crippen LogP contribution in [0.15, 0.2) is 82.8 Å². The van der Waals surface area contributed by atoms with Crippen molar-refractivity contribution in [2.24, 2.45) is 4.99 Å². The largest absolute Gasteiger partial charge is 0.342 e. The molecule has 35 heavy (non-hydrogen) atoms. The van der Waals surface area contributed by atoms with Crippen LogP contribution in [0.2, 0.25) is 10.0 Å². The van der Waals surface area contributed by atoms with E-state index >= 15 is 0 Å². The molecule has 0 saturated carbocycles.